The van der Waals surface area contributed by atoms with E-state index in [1.54, 1.807) is 17.6 Å². The van der Waals surface area contributed by atoms with Crippen LogP contribution in [0.2, 0.25) is 5.02 Å². The average molecular weight is 366 g/mol. The molecule has 8 heteroatoms. The van der Waals surface area contributed by atoms with Gasteiger partial charge in [-0.1, -0.05) is 18.5 Å². The fourth-order valence-electron chi connectivity index (χ4n) is 2.95. The Hall–Kier alpha value is -1.91. The van der Waals surface area contributed by atoms with E-state index in [4.69, 9.17) is 16.3 Å². The molecule has 0 amide bonds. The lowest BCUT2D eigenvalue weighted by Gasteiger charge is -2.24. The minimum absolute atomic E-state index is 0.228. The minimum Gasteiger partial charge on any atom is -0.381 e. The fourth-order valence-corrected chi connectivity index (χ4v) is 3.22. The molecule has 1 saturated heterocycles. The van der Waals surface area contributed by atoms with Crippen molar-refractivity contribution in [2.24, 2.45) is 0 Å². The molecular formula is C17H21ClFN5O. The van der Waals surface area contributed by atoms with Crippen molar-refractivity contribution in [3.05, 3.63) is 22.5 Å². The molecule has 0 aromatic carbocycles. The zero-order chi connectivity index (χ0) is 18.2. The van der Waals surface area contributed by atoms with Crippen LogP contribution in [0.15, 0.2) is 6.20 Å². The van der Waals surface area contributed by atoms with Crippen LogP contribution < -0.4 is 5.32 Å². The number of rotatable bonds is 4. The van der Waals surface area contributed by atoms with E-state index in [2.05, 4.69) is 21.5 Å². The smallest absolute Gasteiger partial charge is 0.241 e. The van der Waals surface area contributed by atoms with Crippen molar-refractivity contribution in [3.63, 3.8) is 0 Å². The Labute approximate surface area is 150 Å². The second kappa shape index (κ2) is 6.77. The molecule has 0 bridgehead atoms. The highest BCUT2D eigenvalue weighted by Crippen LogP contribution is 2.38. The molecule has 1 aliphatic rings. The Morgan fingerprint density at radius 1 is 1.48 bits per heavy atom. The van der Waals surface area contributed by atoms with Gasteiger partial charge in [0.2, 0.25) is 5.95 Å². The number of hydrogen-bond donors (Lipinski definition) is 1. The van der Waals surface area contributed by atoms with Gasteiger partial charge < -0.3 is 10.1 Å². The summed E-state index contributed by atoms with van der Waals surface area (Å²) in [5.74, 6) is -0.131. The molecule has 1 fully saturated rings. The van der Waals surface area contributed by atoms with E-state index in [0.717, 1.165) is 12.8 Å². The normalized spacial score (nSPS) is 17.4. The highest BCUT2D eigenvalue weighted by Gasteiger charge is 2.33. The molecule has 1 atom stereocenters. The maximum atomic E-state index is 14.6. The first kappa shape index (κ1) is 17.9. The van der Waals surface area contributed by atoms with E-state index >= 15 is 0 Å². The quantitative estimate of drug-likeness (QED) is 0.894. The number of nitrogens with one attached hydrogen (secondary N) is 1. The predicted molar refractivity (Wildman–Crippen MR) is 93.8 cm³/mol. The molecule has 6 nitrogen and oxygen atoms in total. The van der Waals surface area contributed by atoms with Crippen molar-refractivity contribution < 1.29 is 9.13 Å². The maximum absolute atomic E-state index is 14.6. The zero-order valence-corrected chi connectivity index (χ0v) is 15.3. The monoisotopic (exact) mass is 365 g/mol. The van der Waals surface area contributed by atoms with Crippen LogP contribution >= 0.6 is 11.6 Å². The van der Waals surface area contributed by atoms with Gasteiger partial charge in [-0.05, 0) is 26.7 Å². The molecule has 0 spiro atoms. The summed E-state index contributed by atoms with van der Waals surface area (Å²) >= 11 is 6.32. The number of alkyl halides is 1. The first-order valence-corrected chi connectivity index (χ1v) is 8.71. The van der Waals surface area contributed by atoms with Gasteiger partial charge in [0.25, 0.3) is 0 Å². The van der Waals surface area contributed by atoms with Gasteiger partial charge >= 0.3 is 0 Å². The molecule has 3 heterocycles. The Morgan fingerprint density at radius 3 is 2.76 bits per heavy atom. The SMILES string of the molecule is CC(c1c(C#N)c(Cl)c2cnc(NC3CCOCC3)nn12)C(C)(C)F. The third-order valence-electron chi connectivity index (χ3n) is 4.77. The van der Waals surface area contributed by atoms with Crippen LogP contribution in [0, 0.1) is 11.3 Å². The summed E-state index contributed by atoms with van der Waals surface area (Å²) in [4.78, 5) is 4.30. The fraction of sp³-hybridized carbons (Fsp3) is 0.588. The number of halogens is 2. The number of aromatic nitrogens is 3. The molecule has 1 aliphatic heterocycles. The summed E-state index contributed by atoms with van der Waals surface area (Å²) in [5, 5.41) is 17.5. The van der Waals surface area contributed by atoms with Crippen LogP contribution in [0.1, 0.15) is 50.8 Å². The lowest BCUT2D eigenvalue weighted by Crippen LogP contribution is -2.29. The van der Waals surface area contributed by atoms with E-state index in [1.807, 2.05) is 0 Å². The second-order valence-corrected chi connectivity index (χ2v) is 7.26. The molecule has 2 aromatic rings. The predicted octanol–water partition coefficient (Wildman–Crippen LogP) is 3.70. The highest BCUT2D eigenvalue weighted by atomic mass is 35.5. The van der Waals surface area contributed by atoms with Crippen LogP contribution in [-0.4, -0.2) is 39.5 Å². The minimum atomic E-state index is -1.53. The van der Waals surface area contributed by atoms with Gasteiger partial charge in [0, 0.05) is 25.2 Å². The Morgan fingerprint density at radius 2 is 2.16 bits per heavy atom. The summed E-state index contributed by atoms with van der Waals surface area (Å²) in [6.07, 6.45) is 3.31. The van der Waals surface area contributed by atoms with Crippen LogP contribution in [0.4, 0.5) is 10.3 Å². The number of hydrogen-bond acceptors (Lipinski definition) is 5. The van der Waals surface area contributed by atoms with Crippen molar-refractivity contribution in [3.8, 4) is 6.07 Å². The van der Waals surface area contributed by atoms with Crippen molar-refractivity contribution in [2.45, 2.75) is 51.2 Å². The highest BCUT2D eigenvalue weighted by molar-refractivity contribution is 6.35. The maximum Gasteiger partial charge on any atom is 0.241 e. The number of fused-ring (bicyclic) bond motifs is 1. The van der Waals surface area contributed by atoms with E-state index in [9.17, 15) is 9.65 Å². The van der Waals surface area contributed by atoms with Crippen molar-refractivity contribution >= 4 is 23.1 Å². The van der Waals surface area contributed by atoms with Crippen molar-refractivity contribution in [1.82, 2.24) is 14.6 Å². The van der Waals surface area contributed by atoms with Gasteiger partial charge in [0.15, 0.2) is 0 Å². The topological polar surface area (TPSA) is 75.2 Å². The summed E-state index contributed by atoms with van der Waals surface area (Å²) in [6, 6.07) is 2.31. The van der Waals surface area contributed by atoms with E-state index in [-0.39, 0.29) is 16.6 Å². The molecular weight excluding hydrogens is 345 g/mol. The summed E-state index contributed by atoms with van der Waals surface area (Å²) in [6.45, 7) is 6.09. The Bertz CT molecular complexity index is 817. The van der Waals surface area contributed by atoms with Crippen LogP contribution in [0.5, 0.6) is 0 Å². The molecule has 1 N–H and O–H groups in total. The van der Waals surface area contributed by atoms with E-state index < -0.39 is 11.6 Å². The standard InChI is InChI=1S/C17H21ClFN5O/c1-10(17(2,3)19)15-12(8-20)14(18)13-9-21-16(23-24(13)15)22-11-4-6-25-7-5-11/h9-11H,4-7H2,1-3H3,(H,22,23). The van der Waals surface area contributed by atoms with E-state index in [1.165, 1.54) is 13.8 Å². The molecule has 2 aromatic heterocycles. The van der Waals surface area contributed by atoms with Gasteiger partial charge in [-0.15, -0.1) is 5.10 Å². The zero-order valence-electron chi connectivity index (χ0n) is 14.5. The molecule has 0 radical (unpaired) electrons. The number of anilines is 1. The number of nitriles is 1. The average Bonchev–Trinajstić information content (AvgIpc) is 2.85. The first-order valence-electron chi connectivity index (χ1n) is 8.33. The second-order valence-electron chi connectivity index (χ2n) is 6.88. The lowest BCUT2D eigenvalue weighted by atomic mass is 9.90. The number of nitrogens with zero attached hydrogens (tertiary/aromatic N) is 4. The van der Waals surface area contributed by atoms with Gasteiger partial charge in [-0.3, -0.25) is 0 Å². The van der Waals surface area contributed by atoms with Crippen LogP contribution in [0.25, 0.3) is 5.52 Å². The van der Waals surface area contributed by atoms with Gasteiger partial charge in [0.05, 0.1) is 22.5 Å². The molecule has 0 aliphatic carbocycles. The number of ether oxygens (including phenoxy) is 1. The molecule has 134 valence electrons. The Kier molecular flexibility index (Phi) is 4.85. The van der Waals surface area contributed by atoms with Gasteiger partial charge in [-0.25, -0.2) is 13.9 Å². The summed E-state index contributed by atoms with van der Waals surface area (Å²) < 4.78 is 21.4. The molecule has 1 unspecified atom stereocenters. The Balaban J connectivity index is 2.06. The van der Waals surface area contributed by atoms with Crippen molar-refractivity contribution in [1.29, 1.82) is 5.26 Å². The summed E-state index contributed by atoms with van der Waals surface area (Å²) in [7, 11) is 0. The lowest BCUT2D eigenvalue weighted by molar-refractivity contribution is 0.0903. The van der Waals surface area contributed by atoms with Crippen LogP contribution in [-0.2, 0) is 4.74 Å². The van der Waals surface area contributed by atoms with E-state index in [0.29, 0.717) is 30.4 Å². The van der Waals surface area contributed by atoms with Crippen molar-refractivity contribution in [2.75, 3.05) is 18.5 Å². The largest absolute Gasteiger partial charge is 0.381 e. The van der Waals surface area contributed by atoms with Crippen LogP contribution in [0.3, 0.4) is 0 Å². The molecule has 25 heavy (non-hydrogen) atoms. The summed E-state index contributed by atoms with van der Waals surface area (Å²) in [5.41, 5.74) is -0.311. The third-order valence-corrected chi connectivity index (χ3v) is 5.15. The molecule has 0 saturated carbocycles. The molecule has 3 rings (SSSR count). The van der Waals surface area contributed by atoms with Gasteiger partial charge in [-0.2, -0.15) is 5.26 Å². The van der Waals surface area contributed by atoms with Gasteiger partial charge in [0.1, 0.15) is 17.3 Å². The first-order chi connectivity index (χ1) is 11.8. The third kappa shape index (κ3) is 3.42.